The Kier molecular flexibility index (Phi) is 7.55. The van der Waals surface area contributed by atoms with E-state index in [1.165, 1.54) is 12.1 Å². The molecule has 0 bridgehead atoms. The van der Waals surface area contributed by atoms with Gasteiger partial charge in [-0.15, -0.1) is 11.6 Å². The molecule has 0 N–H and O–H groups in total. The van der Waals surface area contributed by atoms with E-state index in [0.717, 1.165) is 0 Å². The topological polar surface area (TPSA) is 43.4 Å². The number of alkyl halides is 1. The predicted octanol–water partition coefficient (Wildman–Crippen LogP) is 3.01. The Balaban J connectivity index is 2.58. The molecule has 0 aliphatic heterocycles. The van der Waals surface area contributed by atoms with Gasteiger partial charge in [-0.1, -0.05) is 18.8 Å². The Morgan fingerprint density at radius 2 is 2.10 bits per heavy atom. The molecule has 3 nitrogen and oxygen atoms in total. The second-order valence-electron chi connectivity index (χ2n) is 4.35. The molecule has 0 unspecified atom stereocenters. The van der Waals surface area contributed by atoms with E-state index in [1.54, 1.807) is 13.0 Å². The Morgan fingerprint density at radius 3 is 2.76 bits per heavy atom. The third kappa shape index (κ3) is 7.35. The van der Waals surface area contributed by atoms with Gasteiger partial charge < -0.3 is 4.74 Å². The van der Waals surface area contributed by atoms with Crippen molar-refractivity contribution in [2.45, 2.75) is 19.8 Å². The summed E-state index contributed by atoms with van der Waals surface area (Å²) >= 11 is 5.51. The Labute approximate surface area is 130 Å². The molecule has 0 aliphatic carbocycles. The van der Waals surface area contributed by atoms with Crippen molar-refractivity contribution in [3.63, 3.8) is 0 Å². The third-order valence-corrected chi connectivity index (χ3v) is 4.61. The van der Waals surface area contributed by atoms with Gasteiger partial charge in [0, 0.05) is 29.7 Å². The summed E-state index contributed by atoms with van der Waals surface area (Å²) in [6.07, 6.45) is 0.906. The van der Waals surface area contributed by atoms with Crippen LogP contribution in [-0.2, 0) is 9.84 Å². The van der Waals surface area contributed by atoms with Crippen LogP contribution in [0.15, 0.2) is 18.2 Å². The Hall–Kier alpha value is -1.25. The van der Waals surface area contributed by atoms with Crippen LogP contribution in [0.4, 0.5) is 4.39 Å². The lowest BCUT2D eigenvalue weighted by molar-refractivity contribution is 0.316. The molecule has 0 saturated heterocycles. The van der Waals surface area contributed by atoms with E-state index >= 15 is 0 Å². The highest BCUT2D eigenvalue weighted by Crippen LogP contribution is 2.16. The molecule has 0 aliphatic rings. The SMILES string of the molecule is CCS(=O)(=O)CCCOc1cc(F)cc(C#CCCCl)c1. The van der Waals surface area contributed by atoms with Crippen LogP contribution in [0.5, 0.6) is 5.75 Å². The third-order valence-electron chi connectivity index (χ3n) is 2.63. The first kappa shape index (κ1) is 17.8. The fourth-order valence-corrected chi connectivity index (χ4v) is 2.48. The van der Waals surface area contributed by atoms with Crippen LogP contribution in [0.2, 0.25) is 0 Å². The van der Waals surface area contributed by atoms with E-state index in [-0.39, 0.29) is 18.1 Å². The number of ether oxygens (including phenoxy) is 1. The lowest BCUT2D eigenvalue weighted by Gasteiger charge is -2.07. The maximum Gasteiger partial charge on any atom is 0.150 e. The largest absolute Gasteiger partial charge is 0.493 e. The van der Waals surface area contributed by atoms with Gasteiger partial charge in [0.2, 0.25) is 0 Å². The fraction of sp³-hybridized carbons (Fsp3) is 0.467. The van der Waals surface area contributed by atoms with Crippen LogP contribution in [0.1, 0.15) is 25.3 Å². The molecule has 0 saturated carbocycles. The number of benzene rings is 1. The molecule has 116 valence electrons. The van der Waals surface area contributed by atoms with Crippen molar-refractivity contribution >= 4 is 21.4 Å². The van der Waals surface area contributed by atoms with Crippen molar-refractivity contribution < 1.29 is 17.5 Å². The van der Waals surface area contributed by atoms with Gasteiger partial charge in [0.15, 0.2) is 0 Å². The molecule has 0 aromatic heterocycles. The molecule has 1 aromatic carbocycles. The average molecular weight is 333 g/mol. The minimum Gasteiger partial charge on any atom is -0.493 e. The van der Waals surface area contributed by atoms with E-state index in [0.29, 0.717) is 30.0 Å². The van der Waals surface area contributed by atoms with Crippen LogP contribution < -0.4 is 4.74 Å². The Morgan fingerprint density at radius 1 is 1.33 bits per heavy atom. The van der Waals surface area contributed by atoms with Gasteiger partial charge in [0.25, 0.3) is 0 Å². The first-order valence-electron chi connectivity index (χ1n) is 6.65. The quantitative estimate of drug-likeness (QED) is 0.438. The van der Waals surface area contributed by atoms with Gasteiger partial charge in [-0.05, 0) is 18.6 Å². The number of sulfone groups is 1. The van der Waals surface area contributed by atoms with Crippen molar-refractivity contribution in [3.05, 3.63) is 29.6 Å². The number of hydrogen-bond acceptors (Lipinski definition) is 3. The molecular weight excluding hydrogens is 315 g/mol. The highest BCUT2D eigenvalue weighted by atomic mass is 35.5. The molecule has 1 rings (SSSR count). The minimum absolute atomic E-state index is 0.0706. The highest BCUT2D eigenvalue weighted by Gasteiger charge is 2.07. The summed E-state index contributed by atoms with van der Waals surface area (Å²) in [4.78, 5) is 0. The van der Waals surface area contributed by atoms with Gasteiger partial charge in [-0.3, -0.25) is 0 Å². The van der Waals surface area contributed by atoms with Crippen molar-refractivity contribution in [1.29, 1.82) is 0 Å². The summed E-state index contributed by atoms with van der Waals surface area (Å²) in [7, 11) is -2.99. The van der Waals surface area contributed by atoms with E-state index in [2.05, 4.69) is 11.8 Å². The van der Waals surface area contributed by atoms with Crippen molar-refractivity contribution in [3.8, 4) is 17.6 Å². The maximum atomic E-state index is 13.4. The highest BCUT2D eigenvalue weighted by molar-refractivity contribution is 7.91. The summed E-state index contributed by atoms with van der Waals surface area (Å²) in [5.41, 5.74) is 0.510. The second kappa shape index (κ2) is 8.91. The lowest BCUT2D eigenvalue weighted by atomic mass is 10.2. The summed E-state index contributed by atoms with van der Waals surface area (Å²) < 4.78 is 41.4. The molecule has 0 heterocycles. The second-order valence-corrected chi connectivity index (χ2v) is 7.21. The lowest BCUT2D eigenvalue weighted by Crippen LogP contribution is -2.11. The molecule has 1 aromatic rings. The zero-order valence-corrected chi connectivity index (χ0v) is 13.4. The summed E-state index contributed by atoms with van der Waals surface area (Å²) in [5.74, 6) is 6.14. The van der Waals surface area contributed by atoms with Gasteiger partial charge in [-0.25, -0.2) is 12.8 Å². The normalized spacial score (nSPS) is 10.8. The average Bonchev–Trinajstić information content (AvgIpc) is 2.43. The van der Waals surface area contributed by atoms with Crippen LogP contribution >= 0.6 is 11.6 Å². The van der Waals surface area contributed by atoms with E-state index in [9.17, 15) is 12.8 Å². The first-order valence-corrected chi connectivity index (χ1v) is 9.01. The monoisotopic (exact) mass is 332 g/mol. The molecule has 0 radical (unpaired) electrons. The van der Waals surface area contributed by atoms with E-state index < -0.39 is 15.7 Å². The van der Waals surface area contributed by atoms with E-state index in [1.807, 2.05) is 0 Å². The number of halogens is 2. The van der Waals surface area contributed by atoms with Crippen LogP contribution in [0, 0.1) is 17.7 Å². The minimum atomic E-state index is -2.99. The molecule has 0 amide bonds. The molecule has 0 atom stereocenters. The zero-order chi connectivity index (χ0) is 15.7. The Bertz CT molecular complexity index is 618. The van der Waals surface area contributed by atoms with Gasteiger partial charge in [-0.2, -0.15) is 0 Å². The van der Waals surface area contributed by atoms with Crippen molar-refractivity contribution in [1.82, 2.24) is 0 Å². The van der Waals surface area contributed by atoms with Crippen LogP contribution in [0.25, 0.3) is 0 Å². The molecule has 0 spiro atoms. The van der Waals surface area contributed by atoms with Gasteiger partial charge >= 0.3 is 0 Å². The maximum absolute atomic E-state index is 13.4. The fourth-order valence-electron chi connectivity index (χ4n) is 1.54. The first-order chi connectivity index (χ1) is 9.96. The predicted molar refractivity (Wildman–Crippen MR) is 83.1 cm³/mol. The van der Waals surface area contributed by atoms with Crippen LogP contribution in [0.3, 0.4) is 0 Å². The summed E-state index contributed by atoms with van der Waals surface area (Å²) in [6, 6.07) is 4.19. The molecule has 21 heavy (non-hydrogen) atoms. The van der Waals surface area contributed by atoms with Crippen molar-refractivity contribution in [2.24, 2.45) is 0 Å². The smallest absolute Gasteiger partial charge is 0.150 e. The number of hydrogen-bond donors (Lipinski definition) is 0. The molecule has 6 heteroatoms. The van der Waals surface area contributed by atoms with Gasteiger partial charge in [0.1, 0.15) is 21.4 Å². The van der Waals surface area contributed by atoms with Gasteiger partial charge in [0.05, 0.1) is 12.4 Å². The summed E-state index contributed by atoms with van der Waals surface area (Å²) in [5, 5.41) is 0. The number of rotatable bonds is 7. The van der Waals surface area contributed by atoms with Crippen molar-refractivity contribution in [2.75, 3.05) is 24.0 Å². The van der Waals surface area contributed by atoms with Crippen LogP contribution in [-0.4, -0.2) is 32.4 Å². The summed E-state index contributed by atoms with van der Waals surface area (Å²) in [6.45, 7) is 1.83. The van der Waals surface area contributed by atoms with E-state index in [4.69, 9.17) is 16.3 Å². The standard InChI is InChI=1S/C15H18ClFO3S/c1-2-21(18,19)9-5-8-20-15-11-13(6-3-4-7-16)10-14(17)12-15/h10-12H,2,4-5,7-9H2,1H3. The molecule has 0 fully saturated rings. The molecular formula is C15H18ClFO3S. The zero-order valence-electron chi connectivity index (χ0n) is 11.9.